The smallest absolute Gasteiger partial charge is 0.330 e. The number of carbonyl (C=O) groups excluding carboxylic acids is 1. The zero-order chi connectivity index (χ0) is 17.1. The first kappa shape index (κ1) is 15.5. The predicted octanol–water partition coefficient (Wildman–Crippen LogP) is 1.29. The van der Waals surface area contributed by atoms with Crippen LogP contribution < -0.4 is 10.1 Å². The minimum atomic E-state index is -1.17. The van der Waals surface area contributed by atoms with Gasteiger partial charge in [0.25, 0.3) is 5.91 Å². The molecule has 2 heterocycles. The topological polar surface area (TPSA) is 106 Å². The molecule has 2 N–H and O–H groups in total. The first-order valence-electron chi connectivity index (χ1n) is 7.05. The quantitative estimate of drug-likeness (QED) is 0.732. The van der Waals surface area contributed by atoms with Crippen molar-refractivity contribution in [3.05, 3.63) is 60.0 Å². The summed E-state index contributed by atoms with van der Waals surface area (Å²) in [5.74, 6) is -1.06. The molecule has 0 saturated carbocycles. The molecular weight excluding hydrogens is 312 g/mol. The molecule has 1 amide bonds. The maximum atomic E-state index is 12.4. The van der Waals surface area contributed by atoms with E-state index in [-0.39, 0.29) is 0 Å². The number of ether oxygens (including phenoxy) is 1. The number of nitrogens with zero attached hydrogens (tertiary/aromatic N) is 3. The average Bonchev–Trinajstić information content (AvgIpc) is 3.07. The van der Waals surface area contributed by atoms with Gasteiger partial charge in [-0.05, 0) is 29.8 Å². The lowest BCUT2D eigenvalue weighted by Crippen LogP contribution is -2.33. The average molecular weight is 326 g/mol. The molecule has 8 heteroatoms. The molecule has 0 saturated heterocycles. The van der Waals surface area contributed by atoms with Gasteiger partial charge in [0, 0.05) is 6.20 Å². The predicted molar refractivity (Wildman–Crippen MR) is 83.8 cm³/mol. The van der Waals surface area contributed by atoms with Crippen molar-refractivity contribution >= 4 is 17.5 Å². The second-order valence-corrected chi connectivity index (χ2v) is 5.03. The lowest BCUT2D eigenvalue weighted by molar-refractivity contribution is -0.139. The van der Waals surface area contributed by atoms with Crippen LogP contribution in [0.15, 0.2) is 48.9 Å². The fourth-order valence-corrected chi connectivity index (χ4v) is 2.26. The van der Waals surface area contributed by atoms with Gasteiger partial charge >= 0.3 is 5.97 Å². The maximum Gasteiger partial charge on any atom is 0.330 e. The Hall–Kier alpha value is -3.42. The van der Waals surface area contributed by atoms with Gasteiger partial charge in [0.2, 0.25) is 0 Å². The highest BCUT2D eigenvalue weighted by Crippen LogP contribution is 2.18. The molecule has 24 heavy (non-hydrogen) atoms. The number of methoxy groups -OCH3 is 1. The van der Waals surface area contributed by atoms with Crippen LogP contribution in [0.5, 0.6) is 5.75 Å². The summed E-state index contributed by atoms with van der Waals surface area (Å²) in [5.41, 5.74) is 1.35. The van der Waals surface area contributed by atoms with E-state index in [0.29, 0.717) is 22.5 Å². The summed E-state index contributed by atoms with van der Waals surface area (Å²) in [6.07, 6.45) is 3.00. The van der Waals surface area contributed by atoms with E-state index in [1.807, 2.05) is 0 Å². The van der Waals surface area contributed by atoms with Gasteiger partial charge in [0.05, 0.1) is 12.7 Å². The van der Waals surface area contributed by atoms with Crippen molar-refractivity contribution in [3.8, 4) is 5.75 Å². The second-order valence-electron chi connectivity index (χ2n) is 5.03. The second kappa shape index (κ2) is 6.37. The van der Waals surface area contributed by atoms with Crippen molar-refractivity contribution in [3.63, 3.8) is 0 Å². The van der Waals surface area contributed by atoms with Crippen molar-refractivity contribution in [2.24, 2.45) is 0 Å². The maximum absolute atomic E-state index is 12.4. The van der Waals surface area contributed by atoms with E-state index < -0.39 is 17.9 Å². The van der Waals surface area contributed by atoms with Crippen LogP contribution in [0, 0.1) is 0 Å². The zero-order valence-electron chi connectivity index (χ0n) is 12.7. The summed E-state index contributed by atoms with van der Waals surface area (Å²) >= 11 is 0. The van der Waals surface area contributed by atoms with Crippen molar-refractivity contribution < 1.29 is 19.4 Å². The largest absolute Gasteiger partial charge is 0.497 e. The molecule has 8 nitrogen and oxygen atoms in total. The molecule has 3 aromatic rings. The first-order valence-corrected chi connectivity index (χ1v) is 7.05. The van der Waals surface area contributed by atoms with Crippen LogP contribution in [0.4, 0.5) is 0 Å². The summed E-state index contributed by atoms with van der Waals surface area (Å²) in [4.78, 5) is 23.9. The molecule has 2 aromatic heterocycles. The lowest BCUT2D eigenvalue weighted by atomic mass is 10.1. The van der Waals surface area contributed by atoms with Gasteiger partial charge < -0.3 is 15.2 Å². The number of rotatable bonds is 5. The molecule has 1 aromatic carbocycles. The number of fused-ring (bicyclic) bond motifs is 1. The molecule has 0 aliphatic heterocycles. The minimum Gasteiger partial charge on any atom is -0.497 e. The molecule has 0 spiro atoms. The Balaban J connectivity index is 1.83. The van der Waals surface area contributed by atoms with Gasteiger partial charge in [-0.2, -0.15) is 0 Å². The summed E-state index contributed by atoms with van der Waals surface area (Å²) in [7, 11) is 1.52. The summed E-state index contributed by atoms with van der Waals surface area (Å²) in [6, 6.07) is 8.50. The third-order valence-electron chi connectivity index (χ3n) is 3.52. The van der Waals surface area contributed by atoms with E-state index in [1.54, 1.807) is 40.8 Å². The van der Waals surface area contributed by atoms with Crippen LogP contribution in [-0.4, -0.2) is 38.7 Å². The third kappa shape index (κ3) is 3.02. The van der Waals surface area contributed by atoms with Crippen LogP contribution >= 0.6 is 0 Å². The highest BCUT2D eigenvalue weighted by Gasteiger charge is 2.23. The van der Waals surface area contributed by atoms with Gasteiger partial charge in [0.1, 0.15) is 12.1 Å². The number of aliphatic carboxylic acids is 1. The Labute approximate surface area is 136 Å². The summed E-state index contributed by atoms with van der Waals surface area (Å²) in [6.45, 7) is 0. The van der Waals surface area contributed by atoms with Crippen LogP contribution in [0.3, 0.4) is 0 Å². The van der Waals surface area contributed by atoms with Gasteiger partial charge in [-0.25, -0.2) is 4.79 Å². The SMILES string of the molecule is COc1ccc(C(NC(=O)c2ccc3nncn3c2)C(=O)O)cc1. The summed E-state index contributed by atoms with van der Waals surface area (Å²) in [5, 5.41) is 19.5. The number of nitrogens with one attached hydrogen (secondary N) is 1. The molecule has 0 bridgehead atoms. The van der Waals surface area contributed by atoms with Gasteiger partial charge in [0.15, 0.2) is 11.7 Å². The van der Waals surface area contributed by atoms with E-state index >= 15 is 0 Å². The van der Waals surface area contributed by atoms with E-state index in [0.717, 1.165) is 0 Å². The molecule has 0 radical (unpaired) electrons. The van der Waals surface area contributed by atoms with Gasteiger partial charge in [-0.15, -0.1) is 10.2 Å². The van der Waals surface area contributed by atoms with Crippen LogP contribution in [0.2, 0.25) is 0 Å². The number of hydrogen-bond donors (Lipinski definition) is 2. The highest BCUT2D eigenvalue weighted by atomic mass is 16.5. The first-order chi connectivity index (χ1) is 11.6. The number of hydrogen-bond acceptors (Lipinski definition) is 5. The fraction of sp³-hybridized carbons (Fsp3) is 0.125. The van der Waals surface area contributed by atoms with E-state index in [4.69, 9.17) is 4.74 Å². The van der Waals surface area contributed by atoms with Crippen molar-refractivity contribution in [2.45, 2.75) is 6.04 Å². The number of amides is 1. The summed E-state index contributed by atoms with van der Waals surface area (Å²) < 4.78 is 6.63. The van der Waals surface area contributed by atoms with Crippen molar-refractivity contribution in [1.29, 1.82) is 0 Å². The van der Waals surface area contributed by atoms with Crippen molar-refractivity contribution in [2.75, 3.05) is 7.11 Å². The Morgan fingerprint density at radius 3 is 2.62 bits per heavy atom. The van der Waals surface area contributed by atoms with Gasteiger partial charge in [-0.1, -0.05) is 12.1 Å². The monoisotopic (exact) mass is 326 g/mol. The Morgan fingerprint density at radius 2 is 1.96 bits per heavy atom. The van der Waals surface area contributed by atoms with Crippen LogP contribution in [-0.2, 0) is 4.79 Å². The van der Waals surface area contributed by atoms with Crippen LogP contribution in [0.1, 0.15) is 22.0 Å². The molecule has 3 rings (SSSR count). The number of pyridine rings is 1. The molecule has 122 valence electrons. The van der Waals surface area contributed by atoms with Gasteiger partial charge in [-0.3, -0.25) is 9.20 Å². The molecule has 0 aliphatic rings. The molecule has 1 atom stereocenters. The van der Waals surface area contributed by atoms with E-state index in [2.05, 4.69) is 15.5 Å². The minimum absolute atomic E-state index is 0.307. The Morgan fingerprint density at radius 1 is 1.21 bits per heavy atom. The third-order valence-corrected chi connectivity index (χ3v) is 3.52. The number of carbonyl (C=O) groups is 2. The number of carboxylic acids is 1. The Kier molecular flexibility index (Phi) is 4.11. The molecular formula is C16H14N4O4. The number of benzene rings is 1. The lowest BCUT2D eigenvalue weighted by Gasteiger charge is -2.15. The normalized spacial score (nSPS) is 11.9. The van der Waals surface area contributed by atoms with E-state index in [1.165, 1.54) is 19.6 Å². The number of aromatic nitrogens is 3. The molecule has 1 unspecified atom stereocenters. The fourth-order valence-electron chi connectivity index (χ4n) is 2.26. The highest BCUT2D eigenvalue weighted by molar-refractivity contribution is 5.96. The Bertz CT molecular complexity index is 888. The van der Waals surface area contributed by atoms with Crippen molar-refractivity contribution in [1.82, 2.24) is 19.9 Å². The molecule has 0 fully saturated rings. The number of carboxylic acid groups (broad SMARTS) is 1. The van der Waals surface area contributed by atoms with E-state index in [9.17, 15) is 14.7 Å². The molecule has 0 aliphatic carbocycles. The zero-order valence-corrected chi connectivity index (χ0v) is 12.7. The standard InChI is InChI=1S/C16H14N4O4/c1-24-12-5-2-10(3-6-12)14(16(22)23)18-15(21)11-4-7-13-19-17-9-20(13)8-11/h2-9,14H,1H3,(H,18,21)(H,22,23). The van der Waals surface area contributed by atoms with Crippen LogP contribution in [0.25, 0.3) is 5.65 Å².